The number of hydrogen-bond acceptors (Lipinski definition) is 1. The molecule has 1 heteroatoms. The molecule has 2 unspecified atom stereocenters. The van der Waals surface area contributed by atoms with Crippen LogP contribution in [0, 0.1) is 5.92 Å². The van der Waals surface area contributed by atoms with Crippen LogP contribution in [0.4, 0.5) is 0 Å². The molecule has 0 spiro atoms. The van der Waals surface area contributed by atoms with E-state index in [2.05, 4.69) is 31.2 Å². The van der Waals surface area contributed by atoms with Crippen LogP contribution < -0.4 is 0 Å². The molecule has 0 amide bonds. The molecule has 1 aromatic rings. The Labute approximate surface area is 92.1 Å². The van der Waals surface area contributed by atoms with Crippen LogP contribution in [0.5, 0.6) is 0 Å². The molecule has 0 heterocycles. The zero-order valence-electron chi connectivity index (χ0n) is 9.39. The van der Waals surface area contributed by atoms with Crippen molar-refractivity contribution in [2.75, 3.05) is 0 Å². The van der Waals surface area contributed by atoms with Crippen molar-refractivity contribution in [1.29, 1.82) is 0 Å². The fourth-order valence-electron chi connectivity index (χ4n) is 2.73. The second-order valence-corrected chi connectivity index (χ2v) is 4.72. The summed E-state index contributed by atoms with van der Waals surface area (Å²) >= 11 is 0. The Morgan fingerprint density at radius 2 is 1.80 bits per heavy atom. The maximum absolute atomic E-state index is 10.0. The minimum absolute atomic E-state index is 0.0889. The Bertz CT molecular complexity index is 293. The van der Waals surface area contributed by atoms with Crippen LogP contribution in [-0.2, 0) is 0 Å². The van der Waals surface area contributed by atoms with E-state index in [1.54, 1.807) is 0 Å². The Kier molecular flexibility index (Phi) is 3.42. The lowest BCUT2D eigenvalue weighted by Crippen LogP contribution is -2.28. The number of aliphatic hydroxyl groups excluding tert-OH is 1. The molecule has 0 bridgehead atoms. The quantitative estimate of drug-likeness (QED) is 0.783. The smallest absolute Gasteiger partial charge is 0.0574 e. The highest BCUT2D eigenvalue weighted by Crippen LogP contribution is 2.35. The highest BCUT2D eigenvalue weighted by atomic mass is 16.3. The molecule has 0 aromatic heterocycles. The van der Waals surface area contributed by atoms with Gasteiger partial charge in [0.25, 0.3) is 0 Å². The molecule has 3 atom stereocenters. The molecular weight excluding hydrogens is 184 g/mol. The van der Waals surface area contributed by atoms with Gasteiger partial charge in [-0.1, -0.05) is 50.1 Å². The Balaban J connectivity index is 2.09. The summed E-state index contributed by atoms with van der Waals surface area (Å²) in [4.78, 5) is 0. The first kappa shape index (κ1) is 10.7. The number of aliphatic hydroxyl groups is 1. The molecule has 82 valence electrons. The zero-order chi connectivity index (χ0) is 10.7. The molecule has 1 saturated carbocycles. The van der Waals surface area contributed by atoms with E-state index in [0.29, 0.717) is 11.8 Å². The van der Waals surface area contributed by atoms with E-state index < -0.39 is 0 Å². The monoisotopic (exact) mass is 204 g/mol. The second kappa shape index (κ2) is 4.80. The molecule has 15 heavy (non-hydrogen) atoms. The minimum Gasteiger partial charge on any atom is -0.393 e. The van der Waals surface area contributed by atoms with Gasteiger partial charge in [-0.05, 0) is 30.2 Å². The fourth-order valence-corrected chi connectivity index (χ4v) is 2.73. The summed E-state index contributed by atoms with van der Waals surface area (Å²) in [5.41, 5.74) is 1.36. The first-order valence-corrected chi connectivity index (χ1v) is 6.02. The largest absolute Gasteiger partial charge is 0.393 e. The lowest BCUT2D eigenvalue weighted by Gasteiger charge is -2.32. The average Bonchev–Trinajstić information content (AvgIpc) is 2.30. The minimum atomic E-state index is -0.0889. The molecule has 0 saturated heterocycles. The van der Waals surface area contributed by atoms with Gasteiger partial charge in [0, 0.05) is 0 Å². The van der Waals surface area contributed by atoms with Crippen molar-refractivity contribution in [3.63, 3.8) is 0 Å². The van der Waals surface area contributed by atoms with Crippen molar-refractivity contribution in [3.05, 3.63) is 35.9 Å². The van der Waals surface area contributed by atoms with Crippen LogP contribution in [0.15, 0.2) is 30.3 Å². The molecule has 1 fully saturated rings. The van der Waals surface area contributed by atoms with Gasteiger partial charge in [0.05, 0.1) is 6.10 Å². The molecule has 2 rings (SSSR count). The van der Waals surface area contributed by atoms with E-state index in [9.17, 15) is 5.11 Å². The van der Waals surface area contributed by atoms with Crippen molar-refractivity contribution in [2.24, 2.45) is 5.92 Å². The summed E-state index contributed by atoms with van der Waals surface area (Å²) < 4.78 is 0. The molecule has 1 aliphatic carbocycles. The van der Waals surface area contributed by atoms with E-state index in [-0.39, 0.29) is 6.10 Å². The molecule has 0 radical (unpaired) electrons. The Hall–Kier alpha value is -0.820. The third-order valence-corrected chi connectivity index (χ3v) is 3.75. The van der Waals surface area contributed by atoms with Gasteiger partial charge in [-0.15, -0.1) is 0 Å². The van der Waals surface area contributed by atoms with Crippen LogP contribution in [0.3, 0.4) is 0 Å². The molecule has 1 aliphatic rings. The highest BCUT2D eigenvalue weighted by molar-refractivity contribution is 5.20. The van der Waals surface area contributed by atoms with Crippen LogP contribution in [0.1, 0.15) is 44.1 Å². The summed E-state index contributed by atoms with van der Waals surface area (Å²) in [5, 5.41) is 10.0. The van der Waals surface area contributed by atoms with Gasteiger partial charge in [-0.2, -0.15) is 0 Å². The van der Waals surface area contributed by atoms with Gasteiger partial charge in [-0.3, -0.25) is 0 Å². The van der Waals surface area contributed by atoms with Gasteiger partial charge in [0.15, 0.2) is 0 Å². The number of hydrogen-bond donors (Lipinski definition) is 1. The molecule has 0 aliphatic heterocycles. The van der Waals surface area contributed by atoms with E-state index in [4.69, 9.17) is 0 Å². The van der Waals surface area contributed by atoms with E-state index in [1.165, 1.54) is 24.8 Å². The summed E-state index contributed by atoms with van der Waals surface area (Å²) in [5.74, 6) is 0.947. The maximum Gasteiger partial charge on any atom is 0.0574 e. The highest BCUT2D eigenvalue weighted by Gasteiger charge is 2.28. The standard InChI is InChI=1S/C14H20O/c1-11(12-7-3-2-4-8-12)13-9-5-6-10-14(13)15/h2-4,7-8,11,13-15H,5-6,9-10H2,1H3/t11?,13-,14?/m0/s1. The average molecular weight is 204 g/mol. The van der Waals surface area contributed by atoms with Crippen LogP contribution >= 0.6 is 0 Å². The predicted octanol–water partition coefficient (Wildman–Crippen LogP) is 3.34. The zero-order valence-corrected chi connectivity index (χ0v) is 9.39. The van der Waals surface area contributed by atoms with Gasteiger partial charge in [-0.25, -0.2) is 0 Å². The lowest BCUT2D eigenvalue weighted by molar-refractivity contribution is 0.0579. The third-order valence-electron chi connectivity index (χ3n) is 3.75. The lowest BCUT2D eigenvalue weighted by atomic mass is 9.76. The summed E-state index contributed by atoms with van der Waals surface area (Å²) in [6, 6.07) is 10.6. The molecule has 1 nitrogen and oxygen atoms in total. The molecule has 1 aromatic carbocycles. The number of benzene rings is 1. The molecule has 1 N–H and O–H groups in total. The van der Waals surface area contributed by atoms with E-state index in [1.807, 2.05) is 6.07 Å². The fraction of sp³-hybridized carbons (Fsp3) is 0.571. The van der Waals surface area contributed by atoms with Crippen molar-refractivity contribution in [2.45, 2.75) is 44.6 Å². The van der Waals surface area contributed by atoms with Gasteiger partial charge in [0.1, 0.15) is 0 Å². The summed E-state index contributed by atoms with van der Waals surface area (Å²) in [7, 11) is 0. The van der Waals surface area contributed by atoms with E-state index >= 15 is 0 Å². The maximum atomic E-state index is 10.0. The van der Waals surface area contributed by atoms with Crippen molar-refractivity contribution in [1.82, 2.24) is 0 Å². The Morgan fingerprint density at radius 1 is 1.13 bits per heavy atom. The normalized spacial score (nSPS) is 28.7. The van der Waals surface area contributed by atoms with Gasteiger partial charge < -0.3 is 5.11 Å². The third kappa shape index (κ3) is 2.40. The first-order valence-electron chi connectivity index (χ1n) is 6.02. The summed E-state index contributed by atoms with van der Waals surface area (Å²) in [6.07, 6.45) is 4.55. The first-order chi connectivity index (χ1) is 7.29. The topological polar surface area (TPSA) is 20.2 Å². The predicted molar refractivity (Wildman–Crippen MR) is 62.8 cm³/mol. The van der Waals surface area contributed by atoms with Crippen molar-refractivity contribution < 1.29 is 5.11 Å². The molecular formula is C14H20O. The van der Waals surface area contributed by atoms with Crippen LogP contribution in [0.2, 0.25) is 0 Å². The Morgan fingerprint density at radius 3 is 2.47 bits per heavy atom. The summed E-state index contributed by atoms with van der Waals surface area (Å²) in [6.45, 7) is 2.24. The van der Waals surface area contributed by atoms with Crippen LogP contribution in [0.25, 0.3) is 0 Å². The van der Waals surface area contributed by atoms with Crippen LogP contribution in [-0.4, -0.2) is 11.2 Å². The number of rotatable bonds is 2. The van der Waals surface area contributed by atoms with Crippen molar-refractivity contribution >= 4 is 0 Å². The van der Waals surface area contributed by atoms with Gasteiger partial charge >= 0.3 is 0 Å². The second-order valence-electron chi connectivity index (χ2n) is 4.72. The van der Waals surface area contributed by atoms with E-state index in [0.717, 1.165) is 6.42 Å². The van der Waals surface area contributed by atoms with Gasteiger partial charge in [0.2, 0.25) is 0 Å². The van der Waals surface area contributed by atoms with Crippen molar-refractivity contribution in [3.8, 4) is 0 Å². The SMILES string of the molecule is CC(c1ccccc1)[C@@H]1CCCCC1O.